The lowest BCUT2D eigenvalue weighted by atomic mass is 10.1. The molecule has 1 heterocycles. The lowest BCUT2D eigenvalue weighted by molar-refractivity contribution is 0.902. The highest BCUT2D eigenvalue weighted by molar-refractivity contribution is 6.36. The molecule has 0 unspecified atom stereocenters. The third-order valence-corrected chi connectivity index (χ3v) is 2.80. The van der Waals surface area contributed by atoms with Crippen LogP contribution in [0.25, 0.3) is 11.3 Å². The van der Waals surface area contributed by atoms with Gasteiger partial charge in [-0.15, -0.1) is 0 Å². The Morgan fingerprint density at radius 2 is 2.06 bits per heavy atom. The van der Waals surface area contributed by atoms with Crippen molar-refractivity contribution in [3.63, 3.8) is 0 Å². The van der Waals surface area contributed by atoms with E-state index in [9.17, 15) is 0 Å². The van der Waals surface area contributed by atoms with E-state index in [0.717, 1.165) is 23.4 Å². The highest BCUT2D eigenvalue weighted by atomic mass is 35.5. The first-order valence-corrected chi connectivity index (χ1v) is 5.66. The van der Waals surface area contributed by atoms with E-state index in [0.29, 0.717) is 16.6 Å². The number of aromatic amines is 1. The van der Waals surface area contributed by atoms with Crippen LogP contribution in [0.15, 0.2) is 24.3 Å². The molecule has 0 radical (unpaired) electrons. The Morgan fingerprint density at radius 3 is 2.75 bits per heavy atom. The van der Waals surface area contributed by atoms with Gasteiger partial charge in [0, 0.05) is 22.7 Å². The summed E-state index contributed by atoms with van der Waals surface area (Å²) in [6, 6.07) is 7.30. The Bertz CT molecular complexity index is 494. The van der Waals surface area contributed by atoms with Gasteiger partial charge in [-0.1, -0.05) is 23.2 Å². The van der Waals surface area contributed by atoms with Gasteiger partial charge in [-0.25, -0.2) is 0 Å². The van der Waals surface area contributed by atoms with E-state index >= 15 is 0 Å². The monoisotopic (exact) mass is 255 g/mol. The van der Waals surface area contributed by atoms with Gasteiger partial charge in [-0.3, -0.25) is 5.10 Å². The SMILES string of the molecule is NCCc1cc(-c2ccc(Cl)cc2Cl)n[nH]1. The Balaban J connectivity index is 2.35. The maximum Gasteiger partial charge on any atom is 0.0938 e. The maximum atomic E-state index is 6.09. The molecule has 1 aromatic carbocycles. The molecule has 0 atom stereocenters. The molecule has 0 amide bonds. The molecular formula is C11H11Cl2N3. The second-order valence-electron chi connectivity index (χ2n) is 3.44. The minimum Gasteiger partial charge on any atom is -0.330 e. The number of nitrogens with zero attached hydrogens (tertiary/aromatic N) is 1. The zero-order valence-corrected chi connectivity index (χ0v) is 10.0. The average Bonchev–Trinajstić information content (AvgIpc) is 2.67. The third kappa shape index (κ3) is 2.38. The molecule has 2 rings (SSSR count). The minimum atomic E-state index is 0.593. The molecule has 0 bridgehead atoms. The molecule has 0 saturated carbocycles. The van der Waals surface area contributed by atoms with E-state index in [-0.39, 0.29) is 0 Å². The first-order chi connectivity index (χ1) is 7.70. The number of hydrogen-bond donors (Lipinski definition) is 2. The first-order valence-electron chi connectivity index (χ1n) is 4.90. The summed E-state index contributed by atoms with van der Waals surface area (Å²) in [5, 5.41) is 8.33. The van der Waals surface area contributed by atoms with Gasteiger partial charge < -0.3 is 5.73 Å². The predicted octanol–water partition coefficient (Wildman–Crippen LogP) is 2.88. The van der Waals surface area contributed by atoms with Crippen molar-refractivity contribution >= 4 is 23.2 Å². The van der Waals surface area contributed by atoms with Gasteiger partial charge in [0.2, 0.25) is 0 Å². The number of aromatic nitrogens is 2. The van der Waals surface area contributed by atoms with Gasteiger partial charge in [-0.05, 0) is 30.8 Å². The molecule has 84 valence electrons. The van der Waals surface area contributed by atoms with Gasteiger partial charge in [0.05, 0.1) is 10.7 Å². The molecule has 16 heavy (non-hydrogen) atoms. The number of nitrogens with one attached hydrogen (secondary N) is 1. The zero-order chi connectivity index (χ0) is 11.5. The van der Waals surface area contributed by atoms with Crippen molar-refractivity contribution in [1.29, 1.82) is 0 Å². The molecule has 5 heteroatoms. The summed E-state index contributed by atoms with van der Waals surface area (Å²) < 4.78 is 0. The quantitative estimate of drug-likeness (QED) is 0.887. The fourth-order valence-corrected chi connectivity index (χ4v) is 1.99. The number of benzene rings is 1. The standard InChI is InChI=1S/C11H11Cl2N3/c12-7-1-2-9(10(13)5-7)11-6-8(3-4-14)15-16-11/h1-2,5-6H,3-4,14H2,(H,15,16). The summed E-state index contributed by atoms with van der Waals surface area (Å²) in [5.41, 5.74) is 8.15. The number of hydrogen-bond acceptors (Lipinski definition) is 2. The highest BCUT2D eigenvalue weighted by Gasteiger charge is 2.07. The summed E-state index contributed by atoms with van der Waals surface area (Å²) in [7, 11) is 0. The third-order valence-electron chi connectivity index (χ3n) is 2.25. The molecule has 1 aromatic heterocycles. The van der Waals surface area contributed by atoms with Crippen LogP contribution in [-0.4, -0.2) is 16.7 Å². The smallest absolute Gasteiger partial charge is 0.0938 e. The Morgan fingerprint density at radius 1 is 1.25 bits per heavy atom. The van der Waals surface area contributed by atoms with Crippen molar-refractivity contribution in [1.82, 2.24) is 10.2 Å². The highest BCUT2D eigenvalue weighted by Crippen LogP contribution is 2.29. The molecule has 0 aliphatic heterocycles. The Labute approximate surface area is 104 Å². The molecular weight excluding hydrogens is 245 g/mol. The maximum absolute atomic E-state index is 6.09. The van der Waals surface area contributed by atoms with Crippen molar-refractivity contribution in [3.8, 4) is 11.3 Å². The van der Waals surface area contributed by atoms with Crippen LogP contribution < -0.4 is 5.73 Å². The topological polar surface area (TPSA) is 54.7 Å². The van der Waals surface area contributed by atoms with Gasteiger partial charge >= 0.3 is 0 Å². The van der Waals surface area contributed by atoms with Crippen LogP contribution in [0.2, 0.25) is 10.0 Å². The van der Waals surface area contributed by atoms with E-state index < -0.39 is 0 Å². The van der Waals surface area contributed by atoms with E-state index in [1.54, 1.807) is 12.1 Å². The number of rotatable bonds is 3. The summed E-state index contributed by atoms with van der Waals surface area (Å²) in [5.74, 6) is 0. The molecule has 0 aliphatic carbocycles. The predicted molar refractivity (Wildman–Crippen MR) is 66.8 cm³/mol. The Hall–Kier alpha value is -1.03. The van der Waals surface area contributed by atoms with E-state index in [2.05, 4.69) is 10.2 Å². The lowest BCUT2D eigenvalue weighted by Crippen LogP contribution is -2.02. The molecule has 0 fully saturated rings. The second kappa shape index (κ2) is 4.87. The first kappa shape index (κ1) is 11.5. The van der Waals surface area contributed by atoms with E-state index in [1.807, 2.05) is 12.1 Å². The van der Waals surface area contributed by atoms with E-state index in [1.165, 1.54) is 0 Å². The molecule has 3 nitrogen and oxygen atoms in total. The van der Waals surface area contributed by atoms with Crippen LogP contribution in [0, 0.1) is 0 Å². The summed E-state index contributed by atoms with van der Waals surface area (Å²) in [6.07, 6.45) is 0.776. The van der Waals surface area contributed by atoms with Gasteiger partial charge in [0.25, 0.3) is 0 Å². The number of halogens is 2. The normalized spacial score (nSPS) is 10.7. The van der Waals surface area contributed by atoms with Crippen molar-refractivity contribution in [2.45, 2.75) is 6.42 Å². The fourth-order valence-electron chi connectivity index (χ4n) is 1.48. The van der Waals surface area contributed by atoms with Crippen LogP contribution in [0.5, 0.6) is 0 Å². The van der Waals surface area contributed by atoms with Crippen LogP contribution in [0.4, 0.5) is 0 Å². The zero-order valence-electron chi connectivity index (χ0n) is 8.50. The Kier molecular flexibility index (Phi) is 3.49. The summed E-state index contributed by atoms with van der Waals surface area (Å²) in [4.78, 5) is 0. The minimum absolute atomic E-state index is 0.593. The van der Waals surface area contributed by atoms with Crippen molar-refractivity contribution in [3.05, 3.63) is 40.0 Å². The van der Waals surface area contributed by atoms with Crippen LogP contribution in [-0.2, 0) is 6.42 Å². The molecule has 3 N–H and O–H groups in total. The van der Waals surface area contributed by atoms with Gasteiger partial charge in [-0.2, -0.15) is 5.10 Å². The van der Waals surface area contributed by atoms with E-state index in [4.69, 9.17) is 28.9 Å². The molecule has 2 aromatic rings. The van der Waals surface area contributed by atoms with Crippen LogP contribution >= 0.6 is 23.2 Å². The van der Waals surface area contributed by atoms with Gasteiger partial charge in [0.15, 0.2) is 0 Å². The fraction of sp³-hybridized carbons (Fsp3) is 0.182. The molecule has 0 spiro atoms. The molecule has 0 saturated heterocycles. The van der Waals surface area contributed by atoms with Gasteiger partial charge in [0.1, 0.15) is 0 Å². The van der Waals surface area contributed by atoms with Crippen LogP contribution in [0.1, 0.15) is 5.69 Å². The number of H-pyrrole nitrogens is 1. The second-order valence-corrected chi connectivity index (χ2v) is 4.28. The van der Waals surface area contributed by atoms with Crippen molar-refractivity contribution < 1.29 is 0 Å². The molecule has 0 aliphatic rings. The largest absolute Gasteiger partial charge is 0.330 e. The summed E-state index contributed by atoms with van der Waals surface area (Å²) in [6.45, 7) is 0.593. The van der Waals surface area contributed by atoms with Crippen LogP contribution in [0.3, 0.4) is 0 Å². The average molecular weight is 256 g/mol. The van der Waals surface area contributed by atoms with Crippen molar-refractivity contribution in [2.75, 3.05) is 6.54 Å². The summed E-state index contributed by atoms with van der Waals surface area (Å²) >= 11 is 11.9. The number of nitrogens with two attached hydrogens (primary N) is 1. The van der Waals surface area contributed by atoms with Crippen molar-refractivity contribution in [2.24, 2.45) is 5.73 Å². The lowest BCUT2D eigenvalue weighted by Gasteiger charge is -2.00.